The number of nitriles is 1. The summed E-state index contributed by atoms with van der Waals surface area (Å²) in [5.41, 5.74) is 7.25. The van der Waals surface area contributed by atoms with Crippen LogP contribution in [0, 0.1) is 17.1 Å². The van der Waals surface area contributed by atoms with Crippen molar-refractivity contribution in [1.82, 2.24) is 0 Å². The fraction of sp³-hybridized carbons (Fsp3) is 0. The summed E-state index contributed by atoms with van der Waals surface area (Å²) in [6.45, 7) is 0. The number of fused-ring (bicyclic) bond motifs is 1. The van der Waals surface area contributed by atoms with Gasteiger partial charge in [0.1, 0.15) is 5.82 Å². The van der Waals surface area contributed by atoms with E-state index in [9.17, 15) is 14.4 Å². The lowest BCUT2D eigenvalue weighted by atomic mass is 9.92. The summed E-state index contributed by atoms with van der Waals surface area (Å²) in [7, 11) is 0. The fourth-order valence-corrected chi connectivity index (χ4v) is 2.59. The van der Waals surface area contributed by atoms with E-state index in [0.29, 0.717) is 16.7 Å². The van der Waals surface area contributed by atoms with Gasteiger partial charge >= 0.3 is 0 Å². The van der Waals surface area contributed by atoms with Crippen LogP contribution >= 0.6 is 0 Å². The first-order chi connectivity index (χ1) is 10.6. The zero-order chi connectivity index (χ0) is 15.7. The predicted molar refractivity (Wildman–Crippen MR) is 82.6 cm³/mol. The Morgan fingerprint density at radius 3 is 2.41 bits per heavy atom. The molecule has 0 bridgehead atoms. The van der Waals surface area contributed by atoms with Crippen LogP contribution < -0.4 is 5.73 Å². The monoisotopic (exact) mass is 290 g/mol. The summed E-state index contributed by atoms with van der Waals surface area (Å²) in [5, 5.41) is 10.7. The molecule has 0 aromatic heterocycles. The van der Waals surface area contributed by atoms with Gasteiger partial charge in [-0.3, -0.25) is 4.79 Å². The molecule has 22 heavy (non-hydrogen) atoms. The van der Waals surface area contributed by atoms with Crippen LogP contribution in [0.3, 0.4) is 0 Å². The summed E-state index contributed by atoms with van der Waals surface area (Å²) in [5.74, 6) is -1.07. The highest BCUT2D eigenvalue weighted by molar-refractivity contribution is 6.06. The van der Waals surface area contributed by atoms with E-state index in [2.05, 4.69) is 6.07 Å². The van der Waals surface area contributed by atoms with Gasteiger partial charge in [0.25, 0.3) is 0 Å². The predicted octanol–water partition coefficient (Wildman–Crippen LogP) is 3.62. The molecule has 3 rings (SSSR count). The molecule has 2 N–H and O–H groups in total. The molecule has 0 unspecified atom stereocenters. The van der Waals surface area contributed by atoms with Crippen molar-refractivity contribution in [1.29, 1.82) is 5.26 Å². The first-order valence-corrected chi connectivity index (χ1v) is 6.63. The molecule has 0 heterocycles. The Hall–Kier alpha value is -3.19. The van der Waals surface area contributed by atoms with Crippen LogP contribution in [0.15, 0.2) is 54.6 Å². The molecular weight excluding hydrogens is 279 g/mol. The van der Waals surface area contributed by atoms with Crippen LogP contribution in [0.2, 0.25) is 0 Å². The maximum absolute atomic E-state index is 13.6. The number of nitrogens with two attached hydrogens (primary N) is 1. The molecule has 0 fully saturated rings. The minimum absolute atomic E-state index is 0.247. The number of benzene rings is 3. The van der Waals surface area contributed by atoms with Gasteiger partial charge in [-0.1, -0.05) is 30.3 Å². The van der Waals surface area contributed by atoms with Gasteiger partial charge in [0, 0.05) is 10.9 Å². The maximum atomic E-state index is 13.6. The summed E-state index contributed by atoms with van der Waals surface area (Å²) >= 11 is 0. The van der Waals surface area contributed by atoms with Crippen molar-refractivity contribution in [3.63, 3.8) is 0 Å². The second-order valence-corrected chi connectivity index (χ2v) is 4.87. The highest BCUT2D eigenvalue weighted by atomic mass is 19.1. The average Bonchev–Trinajstić information content (AvgIpc) is 2.53. The summed E-state index contributed by atoms with van der Waals surface area (Å²) in [6.07, 6.45) is 0. The van der Waals surface area contributed by atoms with Crippen molar-refractivity contribution >= 4 is 16.7 Å². The van der Waals surface area contributed by atoms with Crippen molar-refractivity contribution in [2.24, 2.45) is 5.73 Å². The van der Waals surface area contributed by atoms with E-state index in [1.54, 1.807) is 12.1 Å². The van der Waals surface area contributed by atoms with Gasteiger partial charge in [0.05, 0.1) is 11.6 Å². The van der Waals surface area contributed by atoms with Crippen LogP contribution in [0.4, 0.5) is 4.39 Å². The van der Waals surface area contributed by atoms with E-state index in [-0.39, 0.29) is 5.56 Å². The molecule has 3 nitrogen and oxygen atoms in total. The van der Waals surface area contributed by atoms with Crippen LogP contribution in [-0.2, 0) is 0 Å². The molecule has 0 aliphatic heterocycles. The maximum Gasteiger partial charge on any atom is 0.249 e. The number of carbonyl (C=O) groups is 1. The third-order valence-corrected chi connectivity index (χ3v) is 3.58. The third kappa shape index (κ3) is 2.19. The molecular formula is C18H11FN2O. The SMILES string of the molecule is N#Cc1ccc(-c2cc(F)ccc2C(N)=O)c2ccccc12. The second kappa shape index (κ2) is 5.30. The Bertz CT molecular complexity index is 941. The number of amides is 1. The molecule has 3 aromatic rings. The van der Waals surface area contributed by atoms with Crippen molar-refractivity contribution < 1.29 is 9.18 Å². The normalized spacial score (nSPS) is 10.4. The molecule has 0 spiro atoms. The number of nitrogens with zero attached hydrogens (tertiary/aromatic N) is 1. The smallest absolute Gasteiger partial charge is 0.249 e. The van der Waals surface area contributed by atoms with E-state index >= 15 is 0 Å². The standard InChI is InChI=1S/C18H11FN2O/c19-12-6-8-16(18(21)22)17(9-12)15-7-5-11(10-20)13-3-1-2-4-14(13)15/h1-9H,(H2,21,22). The van der Waals surface area contributed by atoms with Gasteiger partial charge in [-0.05, 0) is 40.8 Å². The Morgan fingerprint density at radius 1 is 1.00 bits per heavy atom. The van der Waals surface area contributed by atoms with E-state index in [1.807, 2.05) is 24.3 Å². The van der Waals surface area contributed by atoms with E-state index in [4.69, 9.17) is 5.73 Å². The molecule has 0 saturated carbocycles. The highest BCUT2D eigenvalue weighted by Crippen LogP contribution is 2.33. The number of halogens is 1. The molecule has 4 heteroatoms. The lowest BCUT2D eigenvalue weighted by Gasteiger charge is -2.11. The van der Waals surface area contributed by atoms with Crippen LogP contribution in [0.1, 0.15) is 15.9 Å². The first kappa shape index (κ1) is 13.8. The van der Waals surface area contributed by atoms with Crippen molar-refractivity contribution in [2.45, 2.75) is 0 Å². The highest BCUT2D eigenvalue weighted by Gasteiger charge is 2.14. The third-order valence-electron chi connectivity index (χ3n) is 3.58. The largest absolute Gasteiger partial charge is 0.366 e. The van der Waals surface area contributed by atoms with Gasteiger partial charge in [-0.15, -0.1) is 0 Å². The van der Waals surface area contributed by atoms with Gasteiger partial charge in [0.2, 0.25) is 5.91 Å². The summed E-state index contributed by atoms with van der Waals surface area (Å²) in [4.78, 5) is 11.6. The van der Waals surface area contributed by atoms with E-state index in [0.717, 1.165) is 10.8 Å². The molecule has 0 radical (unpaired) electrons. The summed E-state index contributed by atoms with van der Waals surface area (Å²) in [6, 6.07) is 16.7. The van der Waals surface area contributed by atoms with Crippen molar-refractivity contribution in [2.75, 3.05) is 0 Å². The lowest BCUT2D eigenvalue weighted by Crippen LogP contribution is -2.12. The van der Waals surface area contributed by atoms with E-state index < -0.39 is 11.7 Å². The van der Waals surface area contributed by atoms with Crippen molar-refractivity contribution in [3.8, 4) is 17.2 Å². The molecule has 106 valence electrons. The number of rotatable bonds is 2. The number of primary amides is 1. The lowest BCUT2D eigenvalue weighted by molar-refractivity contribution is 0.100. The Morgan fingerprint density at radius 2 is 1.73 bits per heavy atom. The van der Waals surface area contributed by atoms with Gasteiger partial charge in [-0.25, -0.2) is 4.39 Å². The molecule has 0 aliphatic rings. The number of hydrogen-bond acceptors (Lipinski definition) is 2. The van der Waals surface area contributed by atoms with Crippen molar-refractivity contribution in [3.05, 3.63) is 71.5 Å². The average molecular weight is 290 g/mol. The minimum Gasteiger partial charge on any atom is -0.366 e. The Labute approximate surface area is 126 Å². The van der Waals surface area contributed by atoms with Gasteiger partial charge in [0.15, 0.2) is 0 Å². The molecule has 0 aliphatic carbocycles. The second-order valence-electron chi connectivity index (χ2n) is 4.87. The first-order valence-electron chi connectivity index (χ1n) is 6.63. The topological polar surface area (TPSA) is 66.9 Å². The zero-order valence-corrected chi connectivity index (χ0v) is 11.5. The quantitative estimate of drug-likeness (QED) is 0.783. The molecule has 3 aromatic carbocycles. The van der Waals surface area contributed by atoms with E-state index in [1.165, 1.54) is 18.2 Å². The molecule has 0 saturated heterocycles. The molecule has 0 atom stereocenters. The van der Waals surface area contributed by atoms with Gasteiger partial charge in [-0.2, -0.15) is 5.26 Å². The Balaban J connectivity index is 2.40. The van der Waals surface area contributed by atoms with Crippen LogP contribution in [-0.4, -0.2) is 5.91 Å². The number of carbonyl (C=O) groups excluding carboxylic acids is 1. The summed E-state index contributed by atoms with van der Waals surface area (Å²) < 4.78 is 13.6. The Kier molecular flexibility index (Phi) is 3.32. The fourth-order valence-electron chi connectivity index (χ4n) is 2.59. The van der Waals surface area contributed by atoms with Crippen LogP contribution in [0.5, 0.6) is 0 Å². The van der Waals surface area contributed by atoms with Gasteiger partial charge < -0.3 is 5.73 Å². The molecule has 1 amide bonds. The zero-order valence-electron chi connectivity index (χ0n) is 11.5. The minimum atomic E-state index is -0.622. The van der Waals surface area contributed by atoms with Crippen LogP contribution in [0.25, 0.3) is 21.9 Å². The number of hydrogen-bond donors (Lipinski definition) is 1.